The Hall–Kier alpha value is -1.71. The number of carbonyl (C=O) groups is 1. The Morgan fingerprint density at radius 3 is 2.48 bits per heavy atom. The molecule has 1 unspecified atom stereocenters. The van der Waals surface area contributed by atoms with E-state index in [4.69, 9.17) is 4.74 Å². The number of para-hydroxylation sites is 1. The smallest absolute Gasteiger partial charge is 0.410 e. The fourth-order valence-corrected chi connectivity index (χ4v) is 3.43. The third-order valence-corrected chi connectivity index (χ3v) is 4.79. The van der Waals surface area contributed by atoms with E-state index in [0.717, 1.165) is 13.0 Å². The second-order valence-corrected chi connectivity index (χ2v) is 9.12. The molecule has 1 saturated heterocycles. The van der Waals surface area contributed by atoms with Crippen molar-refractivity contribution in [3.8, 4) is 0 Å². The number of nitrogens with one attached hydrogen (secondary N) is 1. The van der Waals surface area contributed by atoms with Crippen molar-refractivity contribution in [1.29, 1.82) is 0 Å². The lowest BCUT2D eigenvalue weighted by Gasteiger charge is -2.45. The number of carbonyl (C=O) groups excluding carboxylic acids is 1. The molecule has 1 N–H and O–H groups in total. The maximum Gasteiger partial charge on any atom is 0.410 e. The monoisotopic (exact) mass is 346 g/mol. The third-order valence-electron chi connectivity index (χ3n) is 4.79. The van der Waals surface area contributed by atoms with Gasteiger partial charge in [-0.25, -0.2) is 4.79 Å². The Morgan fingerprint density at radius 1 is 1.28 bits per heavy atom. The van der Waals surface area contributed by atoms with Gasteiger partial charge < -0.3 is 15.0 Å². The Kier molecular flexibility index (Phi) is 5.70. The highest BCUT2D eigenvalue weighted by atomic mass is 16.6. The van der Waals surface area contributed by atoms with Crippen molar-refractivity contribution in [3.05, 3.63) is 29.8 Å². The van der Waals surface area contributed by atoms with Gasteiger partial charge in [-0.3, -0.25) is 0 Å². The summed E-state index contributed by atoms with van der Waals surface area (Å²) in [5, 5.41) is 3.75. The number of hydrogen-bond acceptors (Lipinski definition) is 3. The van der Waals surface area contributed by atoms with E-state index in [1.165, 1.54) is 11.3 Å². The predicted octanol–water partition coefficient (Wildman–Crippen LogP) is 5.26. The first kappa shape index (κ1) is 19.6. The van der Waals surface area contributed by atoms with Gasteiger partial charge in [0.05, 0.1) is 0 Å². The largest absolute Gasteiger partial charge is 0.444 e. The van der Waals surface area contributed by atoms with E-state index in [1.807, 2.05) is 25.7 Å². The van der Waals surface area contributed by atoms with Crippen LogP contribution >= 0.6 is 0 Å². The highest BCUT2D eigenvalue weighted by molar-refractivity contribution is 5.68. The van der Waals surface area contributed by atoms with Crippen molar-refractivity contribution in [3.63, 3.8) is 0 Å². The molecule has 2 rings (SSSR count). The van der Waals surface area contributed by atoms with Crippen molar-refractivity contribution in [1.82, 2.24) is 4.90 Å². The molecule has 1 aromatic rings. The van der Waals surface area contributed by atoms with Gasteiger partial charge in [0.1, 0.15) is 5.60 Å². The van der Waals surface area contributed by atoms with Crippen LogP contribution in [0.15, 0.2) is 24.3 Å². The maximum absolute atomic E-state index is 12.4. The molecule has 0 spiro atoms. The first-order valence-corrected chi connectivity index (χ1v) is 9.33. The number of anilines is 1. The van der Waals surface area contributed by atoms with E-state index in [0.29, 0.717) is 18.5 Å². The molecule has 0 radical (unpaired) electrons. The molecule has 1 fully saturated rings. The van der Waals surface area contributed by atoms with E-state index in [1.54, 1.807) is 0 Å². The minimum Gasteiger partial charge on any atom is -0.444 e. The average Bonchev–Trinajstić information content (AvgIpc) is 2.47. The average molecular weight is 347 g/mol. The van der Waals surface area contributed by atoms with Crippen molar-refractivity contribution in [2.75, 3.05) is 18.4 Å². The predicted molar refractivity (Wildman–Crippen MR) is 104 cm³/mol. The minimum atomic E-state index is -0.452. The summed E-state index contributed by atoms with van der Waals surface area (Å²) in [5.41, 5.74) is 2.07. The SMILES string of the molecule is CC(C)c1ccccc1NC1CCN(C(=O)OC(C)(C)C)CC1(C)C. The van der Waals surface area contributed by atoms with Crippen molar-refractivity contribution in [2.45, 2.75) is 72.4 Å². The Morgan fingerprint density at radius 2 is 1.92 bits per heavy atom. The third kappa shape index (κ3) is 5.13. The van der Waals surface area contributed by atoms with Crippen molar-refractivity contribution in [2.24, 2.45) is 5.41 Å². The number of hydrogen-bond donors (Lipinski definition) is 1. The van der Waals surface area contributed by atoms with Crippen molar-refractivity contribution < 1.29 is 9.53 Å². The molecule has 4 heteroatoms. The summed E-state index contributed by atoms with van der Waals surface area (Å²) < 4.78 is 5.54. The van der Waals surface area contributed by atoms with Gasteiger partial charge in [-0.1, -0.05) is 45.9 Å². The molecule has 25 heavy (non-hydrogen) atoms. The number of rotatable bonds is 3. The molecule has 1 atom stereocenters. The molecule has 1 aliphatic rings. The van der Waals surface area contributed by atoms with E-state index in [-0.39, 0.29) is 11.5 Å². The summed E-state index contributed by atoms with van der Waals surface area (Å²) in [7, 11) is 0. The molecule has 0 bridgehead atoms. The molecular weight excluding hydrogens is 312 g/mol. The van der Waals surface area contributed by atoms with Crippen LogP contribution in [0.4, 0.5) is 10.5 Å². The lowest BCUT2D eigenvalue weighted by Crippen LogP contribution is -2.54. The molecule has 1 aliphatic heterocycles. The second-order valence-electron chi connectivity index (χ2n) is 9.12. The van der Waals surface area contributed by atoms with Crippen LogP contribution in [0.1, 0.15) is 66.4 Å². The molecule has 0 aliphatic carbocycles. The summed E-state index contributed by atoms with van der Waals surface area (Å²) in [6.45, 7) is 16.0. The second kappa shape index (κ2) is 7.27. The number of nitrogens with zero attached hydrogens (tertiary/aromatic N) is 1. The maximum atomic E-state index is 12.4. The van der Waals surface area contributed by atoms with Gasteiger partial charge in [0.25, 0.3) is 0 Å². The van der Waals surface area contributed by atoms with Gasteiger partial charge in [-0.2, -0.15) is 0 Å². The van der Waals surface area contributed by atoms with Crippen LogP contribution < -0.4 is 5.32 Å². The molecule has 0 aromatic heterocycles. The van der Waals surface area contributed by atoms with Gasteiger partial charge in [0.2, 0.25) is 0 Å². The zero-order chi connectivity index (χ0) is 18.8. The lowest BCUT2D eigenvalue weighted by molar-refractivity contribution is 0.00691. The van der Waals surface area contributed by atoms with E-state index in [9.17, 15) is 4.79 Å². The number of ether oxygens (including phenoxy) is 1. The van der Waals surface area contributed by atoms with Crippen LogP contribution in [-0.4, -0.2) is 35.7 Å². The van der Waals surface area contributed by atoms with Crippen LogP contribution in [0, 0.1) is 5.41 Å². The van der Waals surface area contributed by atoms with Crippen LogP contribution in [0.3, 0.4) is 0 Å². The molecule has 1 aromatic carbocycles. The fraction of sp³-hybridized carbons (Fsp3) is 0.667. The zero-order valence-corrected chi connectivity index (χ0v) is 16.8. The Balaban J connectivity index is 2.08. The van der Waals surface area contributed by atoms with Gasteiger partial charge in [-0.05, 0) is 44.7 Å². The molecule has 0 saturated carbocycles. The minimum absolute atomic E-state index is 0.0285. The van der Waals surface area contributed by atoms with Crippen LogP contribution in [0.2, 0.25) is 0 Å². The number of likely N-dealkylation sites (tertiary alicyclic amines) is 1. The lowest BCUT2D eigenvalue weighted by atomic mass is 9.79. The molecule has 140 valence electrons. The fourth-order valence-electron chi connectivity index (χ4n) is 3.43. The number of amides is 1. The van der Waals surface area contributed by atoms with Crippen LogP contribution in [0.25, 0.3) is 0 Å². The Labute approximate surface area is 152 Å². The summed E-state index contributed by atoms with van der Waals surface area (Å²) in [6, 6.07) is 8.85. The Bertz CT molecular complexity index is 602. The summed E-state index contributed by atoms with van der Waals surface area (Å²) in [5.74, 6) is 0.480. The normalized spacial score (nSPS) is 20.5. The van der Waals surface area contributed by atoms with Crippen molar-refractivity contribution >= 4 is 11.8 Å². The molecule has 1 heterocycles. The highest BCUT2D eigenvalue weighted by Gasteiger charge is 2.39. The van der Waals surface area contributed by atoms with Gasteiger partial charge in [-0.15, -0.1) is 0 Å². The molecular formula is C21H34N2O2. The van der Waals surface area contributed by atoms with Gasteiger partial charge in [0, 0.05) is 30.2 Å². The van der Waals surface area contributed by atoms with Gasteiger partial charge >= 0.3 is 6.09 Å². The van der Waals surface area contributed by atoms with Crippen LogP contribution in [0.5, 0.6) is 0 Å². The van der Waals surface area contributed by atoms with Gasteiger partial charge in [0.15, 0.2) is 0 Å². The molecule has 1 amide bonds. The zero-order valence-electron chi connectivity index (χ0n) is 16.8. The first-order chi connectivity index (χ1) is 11.5. The summed E-state index contributed by atoms with van der Waals surface area (Å²) in [6.07, 6.45) is 0.709. The quantitative estimate of drug-likeness (QED) is 0.812. The van der Waals surface area contributed by atoms with E-state index >= 15 is 0 Å². The summed E-state index contributed by atoms with van der Waals surface area (Å²) >= 11 is 0. The first-order valence-electron chi connectivity index (χ1n) is 9.33. The van der Waals surface area contributed by atoms with Crippen LogP contribution in [-0.2, 0) is 4.74 Å². The standard InChI is InChI=1S/C21H34N2O2/c1-15(2)16-10-8-9-11-17(16)22-18-12-13-23(14-21(18,6)7)19(24)25-20(3,4)5/h8-11,15,18,22H,12-14H2,1-7H3. The topological polar surface area (TPSA) is 41.6 Å². The number of piperidine rings is 1. The number of benzene rings is 1. The highest BCUT2D eigenvalue weighted by Crippen LogP contribution is 2.34. The summed E-state index contributed by atoms with van der Waals surface area (Å²) in [4.78, 5) is 14.2. The van der Waals surface area contributed by atoms with E-state index < -0.39 is 5.60 Å². The van der Waals surface area contributed by atoms with E-state index in [2.05, 4.69) is 57.3 Å². The molecule has 4 nitrogen and oxygen atoms in total.